The number of pyridine rings is 1. The van der Waals surface area contributed by atoms with Gasteiger partial charge in [0.25, 0.3) is 0 Å². The highest BCUT2D eigenvalue weighted by molar-refractivity contribution is 5.77. The maximum absolute atomic E-state index is 11.4. The van der Waals surface area contributed by atoms with Crippen molar-refractivity contribution in [3.63, 3.8) is 0 Å². The lowest BCUT2D eigenvalue weighted by molar-refractivity contribution is -0.122. The second kappa shape index (κ2) is 7.68. The molecule has 2 aromatic heterocycles. The van der Waals surface area contributed by atoms with E-state index in [4.69, 9.17) is 10.2 Å². The number of carbonyl (C=O) groups excluding carboxylic acids is 1. The molecule has 1 aliphatic rings. The molecule has 0 spiro atoms. The van der Waals surface area contributed by atoms with Crippen LogP contribution in [-0.4, -0.2) is 30.5 Å². The molecule has 2 aromatic rings. The quantitative estimate of drug-likeness (QED) is 0.852. The van der Waals surface area contributed by atoms with Crippen molar-refractivity contribution in [2.75, 3.05) is 29.9 Å². The summed E-state index contributed by atoms with van der Waals surface area (Å²) in [6.07, 6.45) is 9.21. The molecule has 24 heavy (non-hydrogen) atoms. The monoisotopic (exact) mass is 326 g/mol. The van der Waals surface area contributed by atoms with Gasteiger partial charge in [-0.15, -0.1) is 0 Å². The Labute approximate surface area is 141 Å². The molecule has 126 valence electrons. The predicted molar refractivity (Wildman–Crippen MR) is 94.6 cm³/mol. The summed E-state index contributed by atoms with van der Waals surface area (Å²) in [5, 5.41) is 3.28. The van der Waals surface area contributed by atoms with Gasteiger partial charge < -0.3 is 20.4 Å². The molecule has 6 heteroatoms. The number of anilines is 2. The van der Waals surface area contributed by atoms with Gasteiger partial charge in [0.15, 0.2) is 0 Å². The third kappa shape index (κ3) is 4.16. The van der Waals surface area contributed by atoms with Gasteiger partial charge in [0, 0.05) is 19.6 Å². The highest BCUT2D eigenvalue weighted by Crippen LogP contribution is 2.22. The van der Waals surface area contributed by atoms with E-state index < -0.39 is 0 Å². The highest BCUT2D eigenvalue weighted by atomic mass is 16.3. The van der Waals surface area contributed by atoms with Crippen LogP contribution in [-0.2, 0) is 4.79 Å². The van der Waals surface area contributed by atoms with Gasteiger partial charge in [0.05, 0.1) is 24.1 Å². The molecule has 1 fully saturated rings. The number of piperidine rings is 1. The molecule has 0 radical (unpaired) electrons. The number of nitrogens with two attached hydrogens (primary N) is 1. The van der Waals surface area contributed by atoms with Gasteiger partial charge >= 0.3 is 0 Å². The average molecular weight is 326 g/mol. The normalized spacial score (nSPS) is 18.0. The Bertz CT molecular complexity index is 680. The standard InChI is InChI=1S/C18H22N4O2/c19-18(23)14-4-2-10-22(13-14)17-8-7-15(12-21-17)20-9-1-5-16-6-3-11-24-16/h1,3,5-8,11-12,14,20H,2,4,9-10,13H2,(H2,19,23)/b5-1+/t14-/m1/s1. The molecule has 0 aliphatic carbocycles. The number of carbonyl (C=O) groups is 1. The zero-order valence-electron chi connectivity index (χ0n) is 13.5. The van der Waals surface area contributed by atoms with Crippen LogP contribution in [0.1, 0.15) is 18.6 Å². The number of aromatic nitrogens is 1. The zero-order chi connectivity index (χ0) is 16.8. The van der Waals surface area contributed by atoms with Crippen LogP contribution >= 0.6 is 0 Å². The Morgan fingerprint density at radius 2 is 2.38 bits per heavy atom. The fraction of sp³-hybridized carbons (Fsp3) is 0.333. The van der Waals surface area contributed by atoms with Crippen LogP contribution in [0.15, 0.2) is 47.2 Å². The first-order valence-corrected chi connectivity index (χ1v) is 8.16. The van der Waals surface area contributed by atoms with Crippen LogP contribution in [0.25, 0.3) is 6.08 Å². The lowest BCUT2D eigenvalue weighted by atomic mass is 9.97. The van der Waals surface area contributed by atoms with E-state index in [1.54, 1.807) is 6.26 Å². The van der Waals surface area contributed by atoms with Crippen LogP contribution in [0.4, 0.5) is 11.5 Å². The fourth-order valence-electron chi connectivity index (χ4n) is 2.83. The van der Waals surface area contributed by atoms with E-state index in [2.05, 4.69) is 15.2 Å². The van der Waals surface area contributed by atoms with Crippen molar-refractivity contribution in [3.8, 4) is 0 Å². The first kappa shape index (κ1) is 16.1. The van der Waals surface area contributed by atoms with Gasteiger partial charge in [-0.2, -0.15) is 0 Å². The Kier molecular flexibility index (Phi) is 5.15. The Balaban J connectivity index is 1.52. The van der Waals surface area contributed by atoms with Gasteiger partial charge in [-0.05, 0) is 43.2 Å². The van der Waals surface area contributed by atoms with Gasteiger partial charge in [-0.1, -0.05) is 6.08 Å². The Morgan fingerprint density at radius 3 is 3.08 bits per heavy atom. The van der Waals surface area contributed by atoms with E-state index in [0.29, 0.717) is 13.1 Å². The summed E-state index contributed by atoms with van der Waals surface area (Å²) < 4.78 is 5.23. The molecule has 0 bridgehead atoms. The number of rotatable bonds is 6. The van der Waals surface area contributed by atoms with Crippen LogP contribution in [0.5, 0.6) is 0 Å². The van der Waals surface area contributed by atoms with Crippen molar-refractivity contribution >= 4 is 23.5 Å². The molecule has 6 nitrogen and oxygen atoms in total. The van der Waals surface area contributed by atoms with Crippen LogP contribution in [0, 0.1) is 5.92 Å². The molecule has 1 atom stereocenters. The first-order chi connectivity index (χ1) is 11.7. The number of nitrogens with one attached hydrogen (secondary N) is 1. The molecule has 3 rings (SSSR count). The molecule has 0 aromatic carbocycles. The topological polar surface area (TPSA) is 84.4 Å². The number of hydrogen-bond acceptors (Lipinski definition) is 5. The molecule has 3 N–H and O–H groups in total. The Morgan fingerprint density at radius 1 is 1.46 bits per heavy atom. The average Bonchev–Trinajstić information content (AvgIpc) is 3.13. The summed E-state index contributed by atoms with van der Waals surface area (Å²) in [6.45, 7) is 2.26. The summed E-state index contributed by atoms with van der Waals surface area (Å²) in [4.78, 5) is 18.0. The molecule has 0 unspecified atom stereocenters. The third-order valence-corrected chi connectivity index (χ3v) is 4.14. The smallest absolute Gasteiger partial charge is 0.222 e. The second-order valence-electron chi connectivity index (χ2n) is 5.89. The van der Waals surface area contributed by atoms with Crippen molar-refractivity contribution in [2.45, 2.75) is 12.8 Å². The number of furan rings is 1. The summed E-state index contributed by atoms with van der Waals surface area (Å²) >= 11 is 0. The van der Waals surface area contributed by atoms with E-state index in [1.165, 1.54) is 0 Å². The van der Waals surface area contributed by atoms with Crippen molar-refractivity contribution in [3.05, 3.63) is 48.6 Å². The predicted octanol–water partition coefficient (Wildman–Crippen LogP) is 2.50. The molecular formula is C18H22N4O2. The van der Waals surface area contributed by atoms with E-state index >= 15 is 0 Å². The molecular weight excluding hydrogens is 304 g/mol. The molecule has 1 aliphatic heterocycles. The van der Waals surface area contributed by atoms with Gasteiger partial charge in [-0.25, -0.2) is 4.98 Å². The van der Waals surface area contributed by atoms with Gasteiger partial charge in [0.2, 0.25) is 5.91 Å². The van der Waals surface area contributed by atoms with Gasteiger partial charge in [-0.3, -0.25) is 4.79 Å². The van der Waals surface area contributed by atoms with Gasteiger partial charge in [0.1, 0.15) is 11.6 Å². The zero-order valence-corrected chi connectivity index (χ0v) is 13.5. The van der Waals surface area contributed by atoms with E-state index in [1.807, 2.05) is 42.6 Å². The number of hydrogen-bond donors (Lipinski definition) is 2. The maximum Gasteiger partial charge on any atom is 0.222 e. The molecule has 1 saturated heterocycles. The fourth-order valence-corrected chi connectivity index (χ4v) is 2.83. The van der Waals surface area contributed by atoms with E-state index in [-0.39, 0.29) is 11.8 Å². The van der Waals surface area contributed by atoms with Crippen LogP contribution < -0.4 is 16.0 Å². The van der Waals surface area contributed by atoms with E-state index in [9.17, 15) is 4.79 Å². The van der Waals surface area contributed by atoms with E-state index in [0.717, 1.165) is 36.7 Å². The third-order valence-electron chi connectivity index (χ3n) is 4.14. The highest BCUT2D eigenvalue weighted by Gasteiger charge is 2.24. The molecule has 0 saturated carbocycles. The summed E-state index contributed by atoms with van der Waals surface area (Å²) in [7, 11) is 0. The van der Waals surface area contributed by atoms with Crippen LogP contribution in [0.2, 0.25) is 0 Å². The largest absolute Gasteiger partial charge is 0.465 e. The maximum atomic E-state index is 11.4. The minimum Gasteiger partial charge on any atom is -0.465 e. The lowest BCUT2D eigenvalue weighted by Crippen LogP contribution is -2.41. The Hall–Kier alpha value is -2.76. The summed E-state index contributed by atoms with van der Waals surface area (Å²) in [6, 6.07) is 7.74. The van der Waals surface area contributed by atoms with Crippen molar-refractivity contribution in [1.82, 2.24) is 4.98 Å². The molecule has 1 amide bonds. The number of primary amides is 1. The van der Waals surface area contributed by atoms with Crippen LogP contribution in [0.3, 0.4) is 0 Å². The summed E-state index contributed by atoms with van der Waals surface area (Å²) in [5.41, 5.74) is 6.38. The lowest BCUT2D eigenvalue weighted by Gasteiger charge is -2.32. The summed E-state index contributed by atoms with van der Waals surface area (Å²) in [5.74, 6) is 1.42. The van der Waals surface area contributed by atoms with Crippen molar-refractivity contribution < 1.29 is 9.21 Å². The molecule has 3 heterocycles. The second-order valence-corrected chi connectivity index (χ2v) is 5.89. The van der Waals surface area contributed by atoms with Crippen molar-refractivity contribution in [1.29, 1.82) is 0 Å². The van der Waals surface area contributed by atoms with Crippen molar-refractivity contribution in [2.24, 2.45) is 11.7 Å². The minimum absolute atomic E-state index is 0.0786. The number of amides is 1. The minimum atomic E-state index is -0.221. The SMILES string of the molecule is NC(=O)[C@@H]1CCCN(c2ccc(NC/C=C/c3ccco3)cn2)C1. The first-order valence-electron chi connectivity index (χ1n) is 8.16. The number of nitrogens with zero attached hydrogens (tertiary/aromatic N) is 2.